The van der Waals surface area contributed by atoms with Crippen molar-refractivity contribution in [2.45, 2.75) is 38.5 Å². The van der Waals surface area contributed by atoms with Crippen molar-refractivity contribution in [1.82, 2.24) is 9.88 Å². The van der Waals surface area contributed by atoms with Gasteiger partial charge >= 0.3 is 0 Å². The van der Waals surface area contributed by atoms with Crippen LogP contribution in [-0.2, 0) is 6.42 Å². The Hall–Kier alpha value is -2.36. The lowest BCUT2D eigenvalue weighted by atomic mass is 10.0. The van der Waals surface area contributed by atoms with E-state index in [1.54, 1.807) is 6.20 Å². The van der Waals surface area contributed by atoms with Crippen molar-refractivity contribution in [3.8, 4) is 0 Å². The summed E-state index contributed by atoms with van der Waals surface area (Å²) in [6.07, 6.45) is 8.64. The molecule has 1 aromatic heterocycles. The van der Waals surface area contributed by atoms with Crippen LogP contribution in [-0.4, -0.2) is 35.4 Å². The minimum absolute atomic E-state index is 0.132. The highest BCUT2D eigenvalue weighted by Gasteiger charge is 2.26. The molecule has 0 saturated carbocycles. The second-order valence-corrected chi connectivity index (χ2v) is 6.96. The molecule has 4 nitrogen and oxygen atoms in total. The Morgan fingerprint density at radius 3 is 2.52 bits per heavy atom. The molecule has 25 heavy (non-hydrogen) atoms. The molecule has 4 rings (SSSR count). The van der Waals surface area contributed by atoms with Gasteiger partial charge < -0.3 is 9.80 Å². The van der Waals surface area contributed by atoms with E-state index in [4.69, 9.17) is 0 Å². The summed E-state index contributed by atoms with van der Waals surface area (Å²) in [7, 11) is 0. The third kappa shape index (κ3) is 3.26. The summed E-state index contributed by atoms with van der Waals surface area (Å²) in [6, 6.07) is 12.3. The molecule has 2 aromatic rings. The zero-order valence-electron chi connectivity index (χ0n) is 14.7. The van der Waals surface area contributed by atoms with Crippen LogP contribution in [0.1, 0.15) is 48.0 Å². The average Bonchev–Trinajstić information content (AvgIpc) is 2.96. The molecule has 0 radical (unpaired) electrons. The first kappa shape index (κ1) is 16.1. The smallest absolute Gasteiger partial charge is 0.257 e. The number of nitrogens with zero attached hydrogens (tertiary/aromatic N) is 3. The SMILES string of the molecule is O=C(c1cccnc1N1CCCc2ccccc21)N1CCCCCC1. The van der Waals surface area contributed by atoms with Gasteiger partial charge in [-0.05, 0) is 49.4 Å². The van der Waals surface area contributed by atoms with Gasteiger partial charge in [0.1, 0.15) is 5.82 Å². The van der Waals surface area contributed by atoms with Gasteiger partial charge in [0.2, 0.25) is 0 Å². The fourth-order valence-corrected chi connectivity index (χ4v) is 3.98. The number of benzene rings is 1. The van der Waals surface area contributed by atoms with Crippen LogP contribution in [0.5, 0.6) is 0 Å². The molecule has 0 unspecified atom stereocenters. The van der Waals surface area contributed by atoms with E-state index in [0.717, 1.165) is 56.7 Å². The predicted molar refractivity (Wildman–Crippen MR) is 100 cm³/mol. The molecule has 0 N–H and O–H groups in total. The van der Waals surface area contributed by atoms with E-state index < -0.39 is 0 Å². The first-order valence-corrected chi connectivity index (χ1v) is 9.44. The number of pyridine rings is 1. The summed E-state index contributed by atoms with van der Waals surface area (Å²) in [4.78, 5) is 22.0. The normalized spacial score (nSPS) is 17.8. The van der Waals surface area contributed by atoms with E-state index in [2.05, 4.69) is 34.1 Å². The molecule has 1 saturated heterocycles. The Balaban J connectivity index is 1.69. The summed E-state index contributed by atoms with van der Waals surface area (Å²) in [5.41, 5.74) is 3.27. The van der Waals surface area contributed by atoms with Crippen LogP contribution in [0.2, 0.25) is 0 Å². The number of likely N-dealkylation sites (tertiary alicyclic amines) is 1. The molecule has 1 fully saturated rings. The van der Waals surface area contributed by atoms with E-state index in [-0.39, 0.29) is 5.91 Å². The maximum absolute atomic E-state index is 13.2. The molecule has 2 aliphatic rings. The molecule has 0 atom stereocenters. The molecule has 130 valence electrons. The van der Waals surface area contributed by atoms with E-state index >= 15 is 0 Å². The Morgan fingerprint density at radius 2 is 1.68 bits per heavy atom. The van der Waals surface area contributed by atoms with Crippen LogP contribution in [0.4, 0.5) is 11.5 Å². The van der Waals surface area contributed by atoms with E-state index in [0.29, 0.717) is 0 Å². The summed E-state index contributed by atoms with van der Waals surface area (Å²) in [5.74, 6) is 0.942. The van der Waals surface area contributed by atoms with Gasteiger partial charge in [-0.1, -0.05) is 31.0 Å². The maximum Gasteiger partial charge on any atom is 0.257 e. The van der Waals surface area contributed by atoms with E-state index in [1.165, 1.54) is 24.1 Å². The molecule has 2 aliphatic heterocycles. The van der Waals surface area contributed by atoms with Crippen molar-refractivity contribution in [2.24, 2.45) is 0 Å². The van der Waals surface area contributed by atoms with Crippen LogP contribution in [0.3, 0.4) is 0 Å². The van der Waals surface area contributed by atoms with Crippen molar-refractivity contribution >= 4 is 17.4 Å². The fourth-order valence-electron chi connectivity index (χ4n) is 3.98. The summed E-state index contributed by atoms with van der Waals surface area (Å²) < 4.78 is 0. The highest BCUT2D eigenvalue weighted by atomic mass is 16.2. The number of aryl methyl sites for hydroxylation is 1. The topological polar surface area (TPSA) is 36.4 Å². The molecular weight excluding hydrogens is 310 g/mol. The number of hydrogen-bond acceptors (Lipinski definition) is 3. The lowest BCUT2D eigenvalue weighted by molar-refractivity contribution is 0.0762. The molecular formula is C21H25N3O. The molecule has 0 bridgehead atoms. The van der Waals surface area contributed by atoms with Gasteiger partial charge in [-0.3, -0.25) is 4.79 Å². The van der Waals surface area contributed by atoms with E-state index in [1.807, 2.05) is 17.0 Å². The van der Waals surface area contributed by atoms with Gasteiger partial charge in [0.25, 0.3) is 5.91 Å². The third-order valence-corrected chi connectivity index (χ3v) is 5.28. The Bertz CT molecular complexity index is 750. The summed E-state index contributed by atoms with van der Waals surface area (Å²) in [5, 5.41) is 0. The minimum atomic E-state index is 0.132. The number of aromatic nitrogens is 1. The van der Waals surface area contributed by atoms with Gasteiger partial charge in [0.15, 0.2) is 0 Å². The summed E-state index contributed by atoms with van der Waals surface area (Å²) in [6.45, 7) is 2.64. The highest BCUT2D eigenvalue weighted by molar-refractivity contribution is 5.99. The lowest BCUT2D eigenvalue weighted by Crippen LogP contribution is -2.34. The van der Waals surface area contributed by atoms with Crippen molar-refractivity contribution in [1.29, 1.82) is 0 Å². The van der Waals surface area contributed by atoms with Gasteiger partial charge in [-0.25, -0.2) is 4.98 Å². The molecule has 0 spiro atoms. The second kappa shape index (κ2) is 7.26. The monoisotopic (exact) mass is 335 g/mol. The standard InChI is InChI=1S/C21H25N3O/c25-21(23-14-5-1-2-6-15-23)18-11-7-13-22-20(18)24-16-8-10-17-9-3-4-12-19(17)24/h3-4,7,9,11-13H,1-2,5-6,8,10,14-16H2. The number of anilines is 2. The minimum Gasteiger partial charge on any atom is -0.339 e. The molecule has 0 aliphatic carbocycles. The van der Waals surface area contributed by atoms with Crippen molar-refractivity contribution < 1.29 is 4.79 Å². The first-order valence-electron chi connectivity index (χ1n) is 9.44. The number of fused-ring (bicyclic) bond motifs is 1. The predicted octanol–water partition coefficient (Wildman–Crippen LogP) is 4.18. The van der Waals surface area contributed by atoms with Crippen molar-refractivity contribution in [3.63, 3.8) is 0 Å². The Morgan fingerprint density at radius 1 is 0.880 bits per heavy atom. The number of para-hydroxylation sites is 1. The second-order valence-electron chi connectivity index (χ2n) is 6.96. The maximum atomic E-state index is 13.2. The van der Waals surface area contributed by atoms with Crippen LogP contribution in [0.15, 0.2) is 42.6 Å². The van der Waals surface area contributed by atoms with Crippen LogP contribution in [0.25, 0.3) is 0 Å². The average molecular weight is 335 g/mol. The number of carbonyl (C=O) groups is 1. The number of rotatable bonds is 2. The Kier molecular flexibility index (Phi) is 4.68. The van der Waals surface area contributed by atoms with Crippen LogP contribution < -0.4 is 4.90 Å². The van der Waals surface area contributed by atoms with Gasteiger partial charge in [-0.15, -0.1) is 0 Å². The first-order chi connectivity index (χ1) is 12.3. The number of hydrogen-bond donors (Lipinski definition) is 0. The van der Waals surface area contributed by atoms with Gasteiger partial charge in [0.05, 0.1) is 5.56 Å². The largest absolute Gasteiger partial charge is 0.339 e. The fraction of sp³-hybridized carbons (Fsp3) is 0.429. The number of amides is 1. The molecule has 1 aromatic carbocycles. The summed E-state index contributed by atoms with van der Waals surface area (Å²) >= 11 is 0. The molecule has 4 heteroatoms. The van der Waals surface area contributed by atoms with Crippen LogP contribution >= 0.6 is 0 Å². The quantitative estimate of drug-likeness (QED) is 0.826. The lowest BCUT2D eigenvalue weighted by Gasteiger charge is -2.32. The molecule has 3 heterocycles. The zero-order chi connectivity index (χ0) is 17.1. The Labute approximate surface area is 149 Å². The van der Waals surface area contributed by atoms with Crippen molar-refractivity contribution in [2.75, 3.05) is 24.5 Å². The van der Waals surface area contributed by atoms with Gasteiger partial charge in [-0.2, -0.15) is 0 Å². The highest BCUT2D eigenvalue weighted by Crippen LogP contribution is 2.34. The third-order valence-electron chi connectivity index (χ3n) is 5.28. The zero-order valence-corrected chi connectivity index (χ0v) is 14.7. The number of carbonyl (C=O) groups excluding carboxylic acids is 1. The van der Waals surface area contributed by atoms with Gasteiger partial charge in [0, 0.05) is 31.5 Å². The van der Waals surface area contributed by atoms with Crippen molar-refractivity contribution in [3.05, 3.63) is 53.7 Å². The van der Waals surface area contributed by atoms with E-state index in [9.17, 15) is 4.79 Å². The molecule has 1 amide bonds. The van der Waals surface area contributed by atoms with Crippen LogP contribution in [0, 0.1) is 0 Å².